The summed E-state index contributed by atoms with van der Waals surface area (Å²) >= 11 is 0. The topological polar surface area (TPSA) is 111 Å². The molecule has 1 aliphatic rings. The maximum atomic E-state index is 11.9. The van der Waals surface area contributed by atoms with Gasteiger partial charge in [-0.05, 0) is 13.5 Å². The first-order valence-electron chi connectivity index (χ1n) is 6.08. The Morgan fingerprint density at radius 1 is 1.53 bits per heavy atom. The minimum atomic E-state index is -1.08. The van der Waals surface area contributed by atoms with Crippen LogP contribution in [0.4, 0.5) is 4.79 Å². The number of ether oxygens (including phenoxy) is 2. The Balaban J connectivity index is 2.53. The molecule has 0 saturated carbocycles. The molecule has 3 amide bonds. The molecule has 0 spiro atoms. The van der Waals surface area contributed by atoms with Gasteiger partial charge in [-0.25, -0.2) is 4.79 Å². The van der Waals surface area contributed by atoms with E-state index < -0.39 is 30.1 Å². The van der Waals surface area contributed by atoms with Gasteiger partial charge >= 0.3 is 12.0 Å². The highest BCUT2D eigenvalue weighted by atomic mass is 16.6. The molecule has 3 N–H and O–H groups in total. The zero-order chi connectivity index (χ0) is 14.4. The Labute approximate surface area is 111 Å². The number of morpholine rings is 1. The van der Waals surface area contributed by atoms with Crippen LogP contribution in [0.2, 0.25) is 0 Å². The van der Waals surface area contributed by atoms with Crippen molar-refractivity contribution < 1.29 is 23.9 Å². The molecular weight excluding hydrogens is 254 g/mol. The van der Waals surface area contributed by atoms with E-state index in [2.05, 4.69) is 0 Å². The van der Waals surface area contributed by atoms with Crippen LogP contribution in [0.3, 0.4) is 0 Å². The van der Waals surface area contributed by atoms with Gasteiger partial charge < -0.3 is 15.2 Å². The lowest BCUT2D eigenvalue weighted by Crippen LogP contribution is -2.52. The van der Waals surface area contributed by atoms with Gasteiger partial charge in [0.05, 0.1) is 13.2 Å². The molecule has 1 fully saturated rings. The van der Waals surface area contributed by atoms with Crippen molar-refractivity contribution in [2.75, 3.05) is 26.3 Å². The number of hydrogen-bond acceptors (Lipinski definition) is 6. The molecule has 1 saturated heterocycles. The highest BCUT2D eigenvalue weighted by Crippen LogP contribution is 2.09. The molecule has 0 radical (unpaired) electrons. The summed E-state index contributed by atoms with van der Waals surface area (Å²) in [5, 5.41) is 1.85. The number of urea groups is 1. The number of nitrogens with zero attached hydrogens (tertiary/aromatic N) is 1. The molecule has 0 aromatic carbocycles. The van der Waals surface area contributed by atoms with E-state index in [1.807, 2.05) is 17.1 Å². The molecule has 0 aromatic heterocycles. The molecule has 1 rings (SSSR count). The third-order valence-corrected chi connectivity index (χ3v) is 2.83. The number of likely N-dealkylation sites (N-methyl/N-ethyl adjacent to an activating group) is 1. The monoisotopic (exact) mass is 273 g/mol. The molecule has 1 aliphatic heterocycles. The number of imide groups is 1. The van der Waals surface area contributed by atoms with Crippen molar-refractivity contribution in [3.8, 4) is 0 Å². The molecule has 108 valence electrons. The van der Waals surface area contributed by atoms with E-state index in [1.54, 1.807) is 0 Å². The van der Waals surface area contributed by atoms with Crippen molar-refractivity contribution in [2.24, 2.45) is 5.73 Å². The first-order chi connectivity index (χ1) is 8.95. The largest absolute Gasteiger partial charge is 0.451 e. The number of carbonyl (C=O) groups excluding carboxylic acids is 3. The highest BCUT2D eigenvalue weighted by molar-refractivity contribution is 5.96. The lowest BCUT2D eigenvalue weighted by molar-refractivity contribution is -0.164. The van der Waals surface area contributed by atoms with Crippen LogP contribution in [0.15, 0.2) is 0 Å². The predicted octanol–water partition coefficient (Wildman–Crippen LogP) is -1.17. The second-order valence-corrected chi connectivity index (χ2v) is 4.15. The lowest BCUT2D eigenvalue weighted by Gasteiger charge is -2.33. The average molecular weight is 273 g/mol. The fourth-order valence-electron chi connectivity index (χ4n) is 1.76. The van der Waals surface area contributed by atoms with Gasteiger partial charge in [0.1, 0.15) is 6.04 Å². The molecule has 2 atom stereocenters. The average Bonchev–Trinajstić information content (AvgIpc) is 2.37. The Morgan fingerprint density at radius 3 is 2.79 bits per heavy atom. The van der Waals surface area contributed by atoms with Gasteiger partial charge in [0.2, 0.25) is 0 Å². The maximum Gasteiger partial charge on any atom is 0.326 e. The summed E-state index contributed by atoms with van der Waals surface area (Å²) in [7, 11) is 0. The molecule has 19 heavy (non-hydrogen) atoms. The molecule has 8 nitrogen and oxygen atoms in total. The van der Waals surface area contributed by atoms with Crippen LogP contribution in [0, 0.1) is 0 Å². The van der Waals surface area contributed by atoms with Crippen molar-refractivity contribution >= 4 is 17.9 Å². The number of esters is 1. The van der Waals surface area contributed by atoms with Crippen molar-refractivity contribution in [1.82, 2.24) is 10.2 Å². The third kappa shape index (κ3) is 4.49. The van der Waals surface area contributed by atoms with Crippen molar-refractivity contribution in [2.45, 2.75) is 26.0 Å². The Morgan fingerprint density at radius 2 is 2.21 bits per heavy atom. The summed E-state index contributed by atoms with van der Waals surface area (Å²) in [6, 6.07) is -1.51. The van der Waals surface area contributed by atoms with Crippen molar-refractivity contribution in [3.05, 3.63) is 0 Å². The Kier molecular flexibility index (Phi) is 5.71. The van der Waals surface area contributed by atoms with Gasteiger partial charge in [-0.3, -0.25) is 19.8 Å². The second kappa shape index (κ2) is 7.05. The molecular formula is C11H19N3O5. The van der Waals surface area contributed by atoms with Gasteiger partial charge in [-0.2, -0.15) is 0 Å². The third-order valence-electron chi connectivity index (χ3n) is 2.83. The molecule has 1 heterocycles. The predicted molar refractivity (Wildman–Crippen MR) is 65.1 cm³/mol. The number of carbonyl (C=O) groups is 3. The van der Waals surface area contributed by atoms with Crippen LogP contribution in [0.25, 0.3) is 0 Å². The van der Waals surface area contributed by atoms with Crippen LogP contribution in [-0.4, -0.2) is 61.3 Å². The Bertz CT molecular complexity index is 360. The van der Waals surface area contributed by atoms with Crippen LogP contribution in [-0.2, 0) is 19.1 Å². The quantitative estimate of drug-likeness (QED) is 0.625. The summed E-state index contributed by atoms with van der Waals surface area (Å²) in [6.07, 6.45) is -1.08. The number of amides is 3. The van der Waals surface area contributed by atoms with Crippen LogP contribution < -0.4 is 11.1 Å². The number of nitrogens with two attached hydrogens (primary N) is 1. The van der Waals surface area contributed by atoms with E-state index in [9.17, 15) is 14.4 Å². The van der Waals surface area contributed by atoms with Crippen LogP contribution in [0.5, 0.6) is 0 Å². The first-order valence-corrected chi connectivity index (χ1v) is 6.08. The number of rotatable bonds is 4. The second-order valence-electron chi connectivity index (χ2n) is 4.15. The minimum Gasteiger partial charge on any atom is -0.451 e. The SMILES string of the molecule is CCN1CCOC[C@H]1C(=O)O[C@@H](C)C(=O)NC(N)=O. The van der Waals surface area contributed by atoms with E-state index in [-0.39, 0.29) is 6.61 Å². The molecule has 0 aromatic rings. The summed E-state index contributed by atoms with van der Waals surface area (Å²) < 4.78 is 10.2. The van der Waals surface area contributed by atoms with Gasteiger partial charge in [-0.1, -0.05) is 6.92 Å². The van der Waals surface area contributed by atoms with Crippen molar-refractivity contribution in [1.29, 1.82) is 0 Å². The molecule has 0 bridgehead atoms. The first kappa shape index (κ1) is 15.4. The summed E-state index contributed by atoms with van der Waals surface area (Å²) in [5.74, 6) is -1.30. The summed E-state index contributed by atoms with van der Waals surface area (Å²) in [6.45, 7) is 5.42. The smallest absolute Gasteiger partial charge is 0.326 e. The minimum absolute atomic E-state index is 0.233. The van der Waals surface area contributed by atoms with Gasteiger partial charge in [0.25, 0.3) is 5.91 Å². The summed E-state index contributed by atoms with van der Waals surface area (Å²) in [4.78, 5) is 35.7. The zero-order valence-electron chi connectivity index (χ0n) is 11.0. The number of nitrogens with one attached hydrogen (secondary N) is 1. The molecule has 0 unspecified atom stereocenters. The van der Waals surface area contributed by atoms with Crippen LogP contribution in [0.1, 0.15) is 13.8 Å². The Hall–Kier alpha value is -1.67. The lowest BCUT2D eigenvalue weighted by atomic mass is 10.2. The number of primary amides is 1. The van der Waals surface area contributed by atoms with E-state index in [0.717, 1.165) is 0 Å². The van der Waals surface area contributed by atoms with Gasteiger partial charge in [0, 0.05) is 6.54 Å². The van der Waals surface area contributed by atoms with E-state index in [4.69, 9.17) is 15.2 Å². The molecule has 8 heteroatoms. The fraction of sp³-hybridized carbons (Fsp3) is 0.727. The standard InChI is InChI=1S/C11H19N3O5/c1-3-14-4-5-18-6-8(14)10(16)19-7(2)9(15)13-11(12)17/h7-8H,3-6H2,1-2H3,(H3,12,13,15,17)/t7-,8-/m0/s1. The van der Waals surface area contributed by atoms with Crippen LogP contribution >= 0.6 is 0 Å². The van der Waals surface area contributed by atoms with Crippen molar-refractivity contribution in [3.63, 3.8) is 0 Å². The van der Waals surface area contributed by atoms with Gasteiger partial charge in [-0.15, -0.1) is 0 Å². The normalized spacial score (nSPS) is 21.5. The maximum absolute atomic E-state index is 11.9. The van der Waals surface area contributed by atoms with Gasteiger partial charge in [0.15, 0.2) is 6.10 Å². The fourth-order valence-corrected chi connectivity index (χ4v) is 1.76. The van der Waals surface area contributed by atoms with E-state index in [0.29, 0.717) is 19.7 Å². The number of hydrogen-bond donors (Lipinski definition) is 2. The van der Waals surface area contributed by atoms with E-state index in [1.165, 1.54) is 6.92 Å². The van der Waals surface area contributed by atoms with E-state index >= 15 is 0 Å². The molecule has 0 aliphatic carbocycles. The highest BCUT2D eigenvalue weighted by Gasteiger charge is 2.32. The summed E-state index contributed by atoms with van der Waals surface area (Å²) in [5.41, 5.74) is 4.81. The zero-order valence-corrected chi connectivity index (χ0v) is 11.0.